The van der Waals surface area contributed by atoms with E-state index in [1.807, 2.05) is 13.8 Å². The number of amides is 1. The van der Waals surface area contributed by atoms with Gasteiger partial charge in [-0.15, -0.1) is 4.80 Å². The molecule has 0 bridgehead atoms. The Labute approximate surface area is 263 Å². The number of benzene rings is 1. The summed E-state index contributed by atoms with van der Waals surface area (Å²) in [4.78, 5) is 44.9. The molecule has 2 aliphatic heterocycles. The monoisotopic (exact) mass is 642 g/mol. The molecule has 1 aromatic carbocycles. The average Bonchev–Trinajstić information content (AvgIpc) is 3.67. The van der Waals surface area contributed by atoms with Crippen molar-refractivity contribution in [3.05, 3.63) is 68.4 Å². The molecule has 1 atom stereocenters. The van der Waals surface area contributed by atoms with Crippen molar-refractivity contribution in [2.75, 3.05) is 26.9 Å². The van der Waals surface area contributed by atoms with E-state index in [4.69, 9.17) is 14.6 Å². The standard InChI is InChI=1S/C26H29FN6O4S.C5H10O2/c1-15(2)30-12-5-6-19(22(30)34)32-23(35)21-16(3)24(33-28-10-11-29-33)38-25(21)31(26(32)36)13-9-17-14-18(27)7-8-20(17)37-4;6-5-1-3-7-4-2-5/h7-8,10-11,14-15,19H,5-6,9,12-13H2,1-4H3;5-6H,1-4H2. The number of carbonyl (C=O) groups is 1. The topological polar surface area (TPSA) is 134 Å². The lowest BCUT2D eigenvalue weighted by atomic mass is 10.0. The molecule has 1 N–H and O–H groups in total. The molecule has 0 radical (unpaired) electrons. The van der Waals surface area contributed by atoms with E-state index in [9.17, 15) is 18.8 Å². The van der Waals surface area contributed by atoms with Gasteiger partial charge in [-0.05, 0) is 76.6 Å². The molecular weight excluding hydrogens is 603 g/mol. The Hall–Kier alpha value is -3.88. The lowest BCUT2D eigenvalue weighted by Gasteiger charge is -2.35. The number of aromatic nitrogens is 5. The fourth-order valence-corrected chi connectivity index (χ4v) is 7.06. The highest BCUT2D eigenvalue weighted by Crippen LogP contribution is 2.32. The minimum atomic E-state index is -0.893. The summed E-state index contributed by atoms with van der Waals surface area (Å²) in [6, 6.07) is 3.29. The van der Waals surface area contributed by atoms with Crippen LogP contribution < -0.4 is 16.0 Å². The van der Waals surface area contributed by atoms with Crippen LogP contribution in [0.3, 0.4) is 0 Å². The van der Waals surface area contributed by atoms with Gasteiger partial charge in [0.2, 0.25) is 5.91 Å². The van der Waals surface area contributed by atoms with Crippen LogP contribution in [0.5, 0.6) is 5.75 Å². The molecule has 3 aromatic heterocycles. The summed E-state index contributed by atoms with van der Waals surface area (Å²) in [7, 11) is 1.50. The lowest BCUT2D eigenvalue weighted by molar-refractivity contribution is -0.139. The number of aliphatic hydroxyl groups is 1. The Balaban J connectivity index is 0.000000505. The van der Waals surface area contributed by atoms with Crippen LogP contribution in [-0.4, -0.2) is 79.1 Å². The zero-order chi connectivity index (χ0) is 32.2. The number of piperidine rings is 1. The van der Waals surface area contributed by atoms with Crippen LogP contribution in [-0.2, 0) is 22.5 Å². The van der Waals surface area contributed by atoms with Crippen LogP contribution in [0.25, 0.3) is 15.2 Å². The summed E-state index contributed by atoms with van der Waals surface area (Å²) in [5.74, 6) is -0.142. The molecule has 4 aromatic rings. The van der Waals surface area contributed by atoms with Crippen LogP contribution in [0.1, 0.15) is 56.7 Å². The van der Waals surface area contributed by atoms with Crippen molar-refractivity contribution < 1.29 is 23.8 Å². The number of hydrogen-bond donors (Lipinski definition) is 1. The fraction of sp³-hybridized carbons (Fsp3) is 0.516. The van der Waals surface area contributed by atoms with E-state index in [2.05, 4.69) is 10.2 Å². The Bertz CT molecular complexity index is 1760. The number of likely N-dealkylation sites (tertiary alicyclic amines) is 1. The molecule has 0 spiro atoms. The molecule has 5 heterocycles. The number of halogens is 1. The van der Waals surface area contributed by atoms with Crippen molar-refractivity contribution in [2.45, 2.75) is 77.6 Å². The molecule has 6 rings (SSSR count). The Morgan fingerprint density at radius 3 is 2.47 bits per heavy atom. The van der Waals surface area contributed by atoms with Gasteiger partial charge in [0.1, 0.15) is 27.4 Å². The number of aryl methyl sites for hydroxylation is 3. The van der Waals surface area contributed by atoms with E-state index < -0.39 is 23.1 Å². The summed E-state index contributed by atoms with van der Waals surface area (Å²) in [5.41, 5.74) is 0.150. The summed E-state index contributed by atoms with van der Waals surface area (Å²) in [6.45, 7) is 7.84. The Morgan fingerprint density at radius 2 is 1.84 bits per heavy atom. The summed E-state index contributed by atoms with van der Waals surface area (Å²) in [6.07, 6.45) is 5.98. The van der Waals surface area contributed by atoms with Crippen molar-refractivity contribution in [2.24, 2.45) is 0 Å². The summed E-state index contributed by atoms with van der Waals surface area (Å²) >= 11 is 1.23. The van der Waals surface area contributed by atoms with Crippen LogP contribution in [0, 0.1) is 12.7 Å². The molecular formula is C31H39FN6O6S. The lowest BCUT2D eigenvalue weighted by Crippen LogP contribution is -2.52. The number of aliphatic hydroxyl groups excluding tert-OH is 1. The van der Waals surface area contributed by atoms with Gasteiger partial charge in [-0.25, -0.2) is 13.8 Å². The van der Waals surface area contributed by atoms with Gasteiger partial charge in [-0.2, -0.15) is 10.2 Å². The second kappa shape index (κ2) is 14.0. The van der Waals surface area contributed by atoms with Crippen molar-refractivity contribution in [1.29, 1.82) is 0 Å². The molecule has 12 nitrogen and oxygen atoms in total. The molecule has 14 heteroatoms. The van der Waals surface area contributed by atoms with Gasteiger partial charge in [0.15, 0.2) is 0 Å². The maximum atomic E-state index is 14.0. The Morgan fingerprint density at radius 1 is 1.13 bits per heavy atom. The predicted octanol–water partition coefficient (Wildman–Crippen LogP) is 3.23. The van der Waals surface area contributed by atoms with Crippen LogP contribution in [0.2, 0.25) is 0 Å². The predicted molar refractivity (Wildman–Crippen MR) is 168 cm³/mol. The van der Waals surface area contributed by atoms with Crippen molar-refractivity contribution in [1.82, 2.24) is 29.0 Å². The first-order valence-electron chi connectivity index (χ1n) is 15.2. The molecule has 45 heavy (non-hydrogen) atoms. The fourth-order valence-electron chi connectivity index (χ4n) is 5.83. The number of rotatable bonds is 7. The number of hydrogen-bond acceptors (Lipinski definition) is 9. The van der Waals surface area contributed by atoms with Crippen molar-refractivity contribution >= 4 is 27.5 Å². The first kappa shape index (κ1) is 32.5. The largest absolute Gasteiger partial charge is 0.496 e. The maximum Gasteiger partial charge on any atom is 0.332 e. The molecule has 0 aliphatic carbocycles. The smallest absolute Gasteiger partial charge is 0.332 e. The molecule has 1 amide bonds. The molecule has 0 saturated carbocycles. The first-order valence-corrected chi connectivity index (χ1v) is 16.0. The van der Waals surface area contributed by atoms with Crippen LogP contribution >= 0.6 is 11.3 Å². The van der Waals surface area contributed by atoms with Gasteiger partial charge in [-0.1, -0.05) is 11.3 Å². The average molecular weight is 643 g/mol. The number of methoxy groups -OCH3 is 1. The van der Waals surface area contributed by atoms with E-state index in [0.717, 1.165) is 30.6 Å². The van der Waals surface area contributed by atoms with E-state index in [-0.39, 0.29) is 31.0 Å². The molecule has 2 fully saturated rings. The van der Waals surface area contributed by atoms with Gasteiger partial charge in [0.05, 0.1) is 31.0 Å². The van der Waals surface area contributed by atoms with Crippen LogP contribution in [0.4, 0.5) is 4.39 Å². The quantitative estimate of drug-likeness (QED) is 0.325. The van der Waals surface area contributed by atoms with Crippen LogP contribution in [0.15, 0.2) is 40.2 Å². The number of thiophene rings is 1. The second-order valence-electron chi connectivity index (χ2n) is 11.5. The van der Waals surface area contributed by atoms with Crippen molar-refractivity contribution in [3.8, 4) is 10.8 Å². The second-order valence-corrected chi connectivity index (χ2v) is 12.5. The van der Waals surface area contributed by atoms with E-state index >= 15 is 0 Å². The minimum Gasteiger partial charge on any atom is -0.496 e. The SMILES string of the molecule is COc1ccc(F)cc1CCn1c(=O)n(C2CCCN(C(C)C)C2=O)c(=O)c2c(C)c(-n3nccn3)sc21.OC1CCOCC1. The third-order valence-electron chi connectivity index (χ3n) is 8.24. The molecule has 2 saturated heterocycles. The van der Waals surface area contributed by atoms with Gasteiger partial charge in [-0.3, -0.25) is 14.2 Å². The minimum absolute atomic E-state index is 0.0484. The number of nitrogens with zero attached hydrogens (tertiary/aromatic N) is 6. The third-order valence-corrected chi connectivity index (χ3v) is 9.52. The van der Waals surface area contributed by atoms with Gasteiger partial charge >= 0.3 is 5.69 Å². The zero-order valence-corrected chi connectivity index (χ0v) is 26.8. The van der Waals surface area contributed by atoms with Gasteiger partial charge in [0.25, 0.3) is 5.56 Å². The summed E-state index contributed by atoms with van der Waals surface area (Å²) < 4.78 is 27.0. The van der Waals surface area contributed by atoms with Gasteiger partial charge < -0.3 is 19.5 Å². The highest BCUT2D eigenvalue weighted by Gasteiger charge is 2.35. The number of carbonyl (C=O) groups excluding carboxylic acids is 1. The first-order chi connectivity index (χ1) is 21.6. The maximum absolute atomic E-state index is 14.0. The highest BCUT2D eigenvalue weighted by atomic mass is 32.1. The number of fused-ring (bicyclic) bond motifs is 1. The molecule has 2 aliphatic rings. The summed E-state index contributed by atoms with van der Waals surface area (Å²) in [5, 5.41) is 18.2. The zero-order valence-electron chi connectivity index (χ0n) is 25.9. The van der Waals surface area contributed by atoms with E-state index in [1.54, 1.807) is 17.9 Å². The third kappa shape index (κ3) is 6.72. The van der Waals surface area contributed by atoms with E-state index in [0.29, 0.717) is 51.5 Å². The molecule has 1 unspecified atom stereocenters. The molecule has 242 valence electrons. The van der Waals surface area contributed by atoms with Crippen molar-refractivity contribution in [3.63, 3.8) is 0 Å². The number of ether oxygens (including phenoxy) is 2. The normalized spacial score (nSPS) is 17.5. The van der Waals surface area contributed by atoms with E-state index in [1.165, 1.54) is 52.3 Å². The Kier molecular flexibility index (Phi) is 10.1. The highest BCUT2D eigenvalue weighted by molar-refractivity contribution is 7.21. The van der Waals surface area contributed by atoms with Gasteiger partial charge in [0, 0.05) is 37.9 Å².